The minimum absolute atomic E-state index is 0.137. The van der Waals surface area contributed by atoms with Crippen LogP contribution >= 0.6 is 0 Å². The quantitative estimate of drug-likeness (QED) is 0.475. The van der Waals surface area contributed by atoms with Gasteiger partial charge in [-0.1, -0.05) is 12.2 Å². The summed E-state index contributed by atoms with van der Waals surface area (Å²) in [5.41, 5.74) is 0. The molecule has 0 unspecified atom stereocenters. The van der Waals surface area contributed by atoms with Gasteiger partial charge in [0.05, 0.1) is 0 Å². The molecule has 0 spiro atoms. The maximum Gasteiger partial charge on any atom is 0.302 e. The van der Waals surface area contributed by atoms with Gasteiger partial charge in [0.15, 0.2) is 0 Å². The van der Waals surface area contributed by atoms with Crippen molar-refractivity contribution in [3.8, 4) is 0 Å². The number of rotatable bonds is 1. The first-order chi connectivity index (χ1) is 6.79. The Hall–Kier alpha value is -0.790. The largest absolute Gasteiger partial charge is 0.463 e. The summed E-state index contributed by atoms with van der Waals surface area (Å²) in [7, 11) is 0. The van der Waals surface area contributed by atoms with Crippen LogP contribution in [-0.4, -0.2) is 12.1 Å². The van der Waals surface area contributed by atoms with Crippen molar-refractivity contribution in [3.63, 3.8) is 0 Å². The molecule has 0 aliphatic heterocycles. The van der Waals surface area contributed by atoms with Crippen LogP contribution in [0.25, 0.3) is 0 Å². The molecule has 0 atom stereocenters. The van der Waals surface area contributed by atoms with Crippen molar-refractivity contribution in [3.05, 3.63) is 12.2 Å². The maximum absolute atomic E-state index is 10.4. The van der Waals surface area contributed by atoms with Gasteiger partial charge in [0.25, 0.3) is 0 Å². The van der Waals surface area contributed by atoms with Gasteiger partial charge >= 0.3 is 5.97 Å². The lowest BCUT2D eigenvalue weighted by Gasteiger charge is -2.07. The molecule has 0 radical (unpaired) electrons. The third kappa shape index (κ3) is 5.05. The van der Waals surface area contributed by atoms with Crippen molar-refractivity contribution in [2.75, 3.05) is 0 Å². The average Bonchev–Trinajstić information content (AvgIpc) is 2.75. The Morgan fingerprint density at radius 2 is 1.71 bits per heavy atom. The predicted molar refractivity (Wildman–Crippen MR) is 57.0 cm³/mol. The molecule has 2 rings (SSSR count). The van der Waals surface area contributed by atoms with Crippen LogP contribution in [-0.2, 0) is 9.53 Å². The fourth-order valence-electron chi connectivity index (χ4n) is 1.83. The Kier molecular flexibility index (Phi) is 5.35. The van der Waals surface area contributed by atoms with E-state index in [1.807, 2.05) is 0 Å². The second-order valence-electron chi connectivity index (χ2n) is 3.92. The topological polar surface area (TPSA) is 26.3 Å². The van der Waals surface area contributed by atoms with Gasteiger partial charge in [0.2, 0.25) is 0 Å². The highest BCUT2D eigenvalue weighted by molar-refractivity contribution is 5.66. The van der Waals surface area contributed by atoms with Gasteiger partial charge in [-0.15, -0.1) is 0 Å². The van der Waals surface area contributed by atoms with Gasteiger partial charge in [0, 0.05) is 6.92 Å². The lowest BCUT2D eigenvalue weighted by Crippen LogP contribution is -2.10. The van der Waals surface area contributed by atoms with E-state index in [4.69, 9.17) is 4.74 Å². The van der Waals surface area contributed by atoms with E-state index >= 15 is 0 Å². The molecule has 1 saturated carbocycles. The average molecular weight is 196 g/mol. The second kappa shape index (κ2) is 6.63. The predicted octanol–water partition coefficient (Wildman–Crippen LogP) is 3.22. The van der Waals surface area contributed by atoms with Gasteiger partial charge in [0.1, 0.15) is 6.10 Å². The van der Waals surface area contributed by atoms with Crippen LogP contribution in [0.4, 0.5) is 0 Å². The molecule has 0 aromatic heterocycles. The van der Waals surface area contributed by atoms with Crippen molar-refractivity contribution in [2.45, 2.75) is 58.0 Å². The molecular weight excluding hydrogens is 176 g/mol. The van der Waals surface area contributed by atoms with Gasteiger partial charge in [-0.3, -0.25) is 4.79 Å². The zero-order valence-electron chi connectivity index (χ0n) is 9.00. The molecule has 0 N–H and O–H groups in total. The minimum Gasteiger partial charge on any atom is -0.463 e. The summed E-state index contributed by atoms with van der Waals surface area (Å²) in [6, 6.07) is 0. The Morgan fingerprint density at radius 3 is 2.07 bits per heavy atom. The van der Waals surface area contributed by atoms with E-state index in [9.17, 15) is 4.79 Å². The Bertz CT molecular complexity index is 184. The zero-order valence-corrected chi connectivity index (χ0v) is 9.00. The third-order valence-electron chi connectivity index (χ3n) is 2.54. The van der Waals surface area contributed by atoms with E-state index in [0.717, 1.165) is 12.8 Å². The fourth-order valence-corrected chi connectivity index (χ4v) is 1.83. The SMILES string of the molecule is C1=CCCC1.CC(=O)OC1CCCC1. The molecule has 0 amide bonds. The fraction of sp³-hybridized carbons (Fsp3) is 0.750. The highest BCUT2D eigenvalue weighted by Gasteiger charge is 2.16. The minimum atomic E-state index is -0.137. The molecule has 2 heteroatoms. The van der Waals surface area contributed by atoms with Crippen molar-refractivity contribution in [1.82, 2.24) is 0 Å². The van der Waals surface area contributed by atoms with Crippen LogP contribution in [0.2, 0.25) is 0 Å². The number of allylic oxidation sites excluding steroid dienone is 2. The van der Waals surface area contributed by atoms with Gasteiger partial charge in [-0.2, -0.15) is 0 Å². The lowest BCUT2D eigenvalue weighted by atomic mass is 10.3. The molecule has 14 heavy (non-hydrogen) atoms. The van der Waals surface area contributed by atoms with Gasteiger partial charge < -0.3 is 4.74 Å². The first-order valence-corrected chi connectivity index (χ1v) is 5.61. The molecule has 80 valence electrons. The van der Waals surface area contributed by atoms with E-state index in [1.165, 1.54) is 39.0 Å². The van der Waals surface area contributed by atoms with Crippen LogP contribution < -0.4 is 0 Å². The number of carbonyl (C=O) groups is 1. The highest BCUT2D eigenvalue weighted by atomic mass is 16.5. The Labute approximate surface area is 86.3 Å². The zero-order chi connectivity index (χ0) is 10.2. The highest BCUT2D eigenvalue weighted by Crippen LogP contribution is 2.20. The van der Waals surface area contributed by atoms with Crippen molar-refractivity contribution < 1.29 is 9.53 Å². The summed E-state index contributed by atoms with van der Waals surface area (Å²) in [6.07, 6.45) is 13.3. The third-order valence-corrected chi connectivity index (χ3v) is 2.54. The van der Waals surface area contributed by atoms with E-state index in [1.54, 1.807) is 0 Å². The molecule has 2 aliphatic rings. The molecule has 0 aromatic rings. The van der Waals surface area contributed by atoms with Crippen molar-refractivity contribution in [2.24, 2.45) is 0 Å². The molecular formula is C12H20O2. The monoisotopic (exact) mass is 196 g/mol. The summed E-state index contributed by atoms with van der Waals surface area (Å²) >= 11 is 0. The normalized spacial score (nSPS) is 20.4. The lowest BCUT2D eigenvalue weighted by molar-refractivity contribution is -0.145. The summed E-state index contributed by atoms with van der Waals surface area (Å²) in [6.45, 7) is 1.47. The van der Waals surface area contributed by atoms with Crippen LogP contribution in [0.5, 0.6) is 0 Å². The van der Waals surface area contributed by atoms with E-state index in [2.05, 4.69) is 12.2 Å². The summed E-state index contributed by atoms with van der Waals surface area (Å²) < 4.78 is 4.97. The molecule has 0 saturated heterocycles. The second-order valence-corrected chi connectivity index (χ2v) is 3.92. The molecule has 1 fully saturated rings. The summed E-state index contributed by atoms with van der Waals surface area (Å²) in [5.74, 6) is -0.137. The van der Waals surface area contributed by atoms with Crippen molar-refractivity contribution in [1.29, 1.82) is 0 Å². The first kappa shape index (κ1) is 11.3. The van der Waals surface area contributed by atoms with Crippen LogP contribution in [0.1, 0.15) is 51.9 Å². The standard InChI is InChI=1S/C7H12O2.C5H8/c1-6(8)9-7-4-2-3-5-7;1-2-4-5-3-1/h7H,2-5H2,1H3;1-2H,3-5H2. The number of hydrogen-bond donors (Lipinski definition) is 0. The first-order valence-electron chi connectivity index (χ1n) is 5.61. The smallest absolute Gasteiger partial charge is 0.302 e. The van der Waals surface area contributed by atoms with E-state index < -0.39 is 0 Å². The maximum atomic E-state index is 10.4. The van der Waals surface area contributed by atoms with Crippen LogP contribution in [0, 0.1) is 0 Å². The molecule has 0 bridgehead atoms. The number of esters is 1. The molecule has 2 nitrogen and oxygen atoms in total. The Balaban J connectivity index is 0.000000165. The van der Waals surface area contributed by atoms with Gasteiger partial charge in [-0.05, 0) is 44.9 Å². The Morgan fingerprint density at radius 1 is 1.14 bits per heavy atom. The number of hydrogen-bond acceptors (Lipinski definition) is 2. The molecule has 2 aliphatic carbocycles. The summed E-state index contributed by atoms with van der Waals surface area (Å²) in [5, 5.41) is 0. The van der Waals surface area contributed by atoms with Gasteiger partial charge in [-0.25, -0.2) is 0 Å². The van der Waals surface area contributed by atoms with Crippen molar-refractivity contribution >= 4 is 5.97 Å². The number of ether oxygens (including phenoxy) is 1. The van der Waals surface area contributed by atoms with Crippen LogP contribution in [0.3, 0.4) is 0 Å². The van der Waals surface area contributed by atoms with Crippen LogP contribution in [0.15, 0.2) is 12.2 Å². The molecule has 0 heterocycles. The summed E-state index contributed by atoms with van der Waals surface area (Å²) in [4.78, 5) is 10.4. The number of carbonyl (C=O) groups excluding carboxylic acids is 1. The van der Waals surface area contributed by atoms with E-state index in [0.29, 0.717) is 0 Å². The molecule has 0 aromatic carbocycles. The van der Waals surface area contributed by atoms with E-state index in [-0.39, 0.29) is 12.1 Å².